The van der Waals surface area contributed by atoms with Crippen LogP contribution < -0.4 is 10.2 Å². The highest BCUT2D eigenvalue weighted by Gasteiger charge is 2.23. The van der Waals surface area contributed by atoms with Crippen LogP contribution in [-0.4, -0.2) is 36.2 Å². The van der Waals surface area contributed by atoms with Gasteiger partial charge in [0.1, 0.15) is 0 Å². The van der Waals surface area contributed by atoms with Crippen LogP contribution in [0.1, 0.15) is 40.4 Å². The number of aryl methyl sites for hydroxylation is 1. The molecule has 0 spiro atoms. The predicted molar refractivity (Wildman–Crippen MR) is 109 cm³/mol. The number of thioether (sulfide) groups is 1. The molecule has 146 valence electrons. The molecule has 28 heavy (non-hydrogen) atoms. The standard InChI is InChI=1S/C21H22N2O4S/c1-23-18-9-5-15(11-14(18)6-10-19(23)24)21(27)22-17(12-20(25)26)13-3-7-16(28-2)8-4-13/h3-5,7-9,11,17H,6,10,12H2,1-2H3,(H,22,27)(H,25,26). The summed E-state index contributed by atoms with van der Waals surface area (Å²) in [5, 5.41) is 12.1. The molecule has 1 aliphatic rings. The smallest absolute Gasteiger partial charge is 0.305 e. The number of nitrogens with one attached hydrogen (secondary N) is 1. The van der Waals surface area contributed by atoms with Crippen molar-refractivity contribution in [2.75, 3.05) is 18.2 Å². The minimum atomic E-state index is -0.982. The Morgan fingerprint density at radius 3 is 2.54 bits per heavy atom. The summed E-state index contributed by atoms with van der Waals surface area (Å²) >= 11 is 1.60. The zero-order valence-electron chi connectivity index (χ0n) is 15.8. The van der Waals surface area contributed by atoms with E-state index in [2.05, 4.69) is 5.32 Å². The Kier molecular flexibility index (Phi) is 6.04. The molecule has 0 fully saturated rings. The van der Waals surface area contributed by atoms with Gasteiger partial charge < -0.3 is 15.3 Å². The van der Waals surface area contributed by atoms with E-state index in [-0.39, 0.29) is 18.2 Å². The van der Waals surface area contributed by atoms with E-state index in [0.29, 0.717) is 18.4 Å². The molecule has 0 aliphatic carbocycles. The molecule has 1 atom stereocenters. The first-order valence-electron chi connectivity index (χ1n) is 8.95. The first-order chi connectivity index (χ1) is 13.4. The summed E-state index contributed by atoms with van der Waals surface area (Å²) in [5.41, 5.74) is 2.95. The van der Waals surface area contributed by atoms with Gasteiger partial charge in [-0.3, -0.25) is 14.4 Å². The van der Waals surface area contributed by atoms with Crippen molar-refractivity contribution in [3.05, 3.63) is 59.2 Å². The first kappa shape index (κ1) is 19.9. The third-order valence-electron chi connectivity index (χ3n) is 4.89. The molecule has 0 bridgehead atoms. The van der Waals surface area contributed by atoms with Crippen LogP contribution in [0.2, 0.25) is 0 Å². The van der Waals surface area contributed by atoms with Crippen molar-refractivity contribution in [1.82, 2.24) is 5.32 Å². The van der Waals surface area contributed by atoms with Crippen molar-refractivity contribution in [3.8, 4) is 0 Å². The Labute approximate surface area is 167 Å². The monoisotopic (exact) mass is 398 g/mol. The number of aliphatic carboxylic acids is 1. The van der Waals surface area contributed by atoms with Gasteiger partial charge in [0.25, 0.3) is 5.91 Å². The van der Waals surface area contributed by atoms with Crippen LogP contribution in [0.25, 0.3) is 0 Å². The fourth-order valence-electron chi connectivity index (χ4n) is 3.30. The molecule has 0 saturated carbocycles. The normalized spacial score (nSPS) is 14.4. The number of hydrogen-bond donors (Lipinski definition) is 2. The van der Waals surface area contributed by atoms with Gasteiger partial charge in [-0.15, -0.1) is 11.8 Å². The summed E-state index contributed by atoms with van der Waals surface area (Å²) in [7, 11) is 1.72. The maximum atomic E-state index is 12.8. The van der Waals surface area contributed by atoms with Crippen molar-refractivity contribution in [1.29, 1.82) is 0 Å². The van der Waals surface area contributed by atoms with E-state index < -0.39 is 12.0 Å². The average molecular weight is 398 g/mol. The molecule has 3 rings (SSSR count). The van der Waals surface area contributed by atoms with Crippen molar-refractivity contribution < 1.29 is 19.5 Å². The van der Waals surface area contributed by atoms with Gasteiger partial charge in [-0.1, -0.05) is 12.1 Å². The van der Waals surface area contributed by atoms with Crippen molar-refractivity contribution in [2.45, 2.75) is 30.2 Å². The van der Waals surface area contributed by atoms with Crippen LogP contribution in [0, 0.1) is 0 Å². The number of carboxylic acid groups (broad SMARTS) is 1. The first-order valence-corrected chi connectivity index (χ1v) is 10.2. The van der Waals surface area contributed by atoms with Crippen molar-refractivity contribution in [3.63, 3.8) is 0 Å². The number of carbonyl (C=O) groups excluding carboxylic acids is 2. The van der Waals surface area contributed by atoms with Crippen LogP contribution in [0.4, 0.5) is 5.69 Å². The van der Waals surface area contributed by atoms with E-state index in [0.717, 1.165) is 21.7 Å². The molecule has 2 N–H and O–H groups in total. The molecule has 1 unspecified atom stereocenters. The summed E-state index contributed by atoms with van der Waals surface area (Å²) in [6.45, 7) is 0. The van der Waals surface area contributed by atoms with Crippen molar-refractivity contribution in [2.24, 2.45) is 0 Å². The summed E-state index contributed by atoms with van der Waals surface area (Å²) in [6.07, 6.45) is 2.77. The van der Waals surface area contributed by atoms with Gasteiger partial charge in [-0.2, -0.15) is 0 Å². The lowest BCUT2D eigenvalue weighted by molar-refractivity contribution is -0.137. The number of hydrogen-bond acceptors (Lipinski definition) is 4. The number of anilines is 1. The molecule has 6 nitrogen and oxygen atoms in total. The Bertz CT molecular complexity index is 911. The maximum absolute atomic E-state index is 12.8. The number of carboxylic acids is 1. The van der Waals surface area contributed by atoms with E-state index in [1.54, 1.807) is 41.9 Å². The van der Waals surface area contributed by atoms with Gasteiger partial charge in [0.15, 0.2) is 0 Å². The fraction of sp³-hybridized carbons (Fsp3) is 0.286. The number of benzene rings is 2. The van der Waals surface area contributed by atoms with E-state index in [1.807, 2.05) is 30.5 Å². The fourth-order valence-corrected chi connectivity index (χ4v) is 3.71. The van der Waals surface area contributed by atoms with Crippen LogP contribution in [0.15, 0.2) is 47.4 Å². The van der Waals surface area contributed by atoms with Crippen LogP contribution in [0.3, 0.4) is 0 Å². The minimum Gasteiger partial charge on any atom is -0.481 e. The Morgan fingerprint density at radius 2 is 1.89 bits per heavy atom. The summed E-state index contributed by atoms with van der Waals surface area (Å²) in [4.78, 5) is 38.5. The quantitative estimate of drug-likeness (QED) is 0.730. The lowest BCUT2D eigenvalue weighted by Crippen LogP contribution is -2.32. The van der Waals surface area contributed by atoms with Crippen LogP contribution >= 0.6 is 11.8 Å². The molecular formula is C21H22N2O4S. The summed E-state index contributed by atoms with van der Waals surface area (Å²) < 4.78 is 0. The zero-order valence-corrected chi connectivity index (χ0v) is 16.6. The molecule has 2 aromatic carbocycles. The summed E-state index contributed by atoms with van der Waals surface area (Å²) in [6, 6.07) is 12.1. The van der Waals surface area contributed by atoms with Crippen LogP contribution in [0.5, 0.6) is 0 Å². The third kappa shape index (κ3) is 4.36. The average Bonchev–Trinajstić information content (AvgIpc) is 2.69. The number of rotatable bonds is 6. The second-order valence-corrected chi connectivity index (χ2v) is 7.57. The molecule has 1 aliphatic heterocycles. The van der Waals surface area contributed by atoms with Crippen molar-refractivity contribution >= 4 is 35.2 Å². The SMILES string of the molecule is CSc1ccc(C(CC(=O)O)NC(=O)c2ccc3c(c2)CCC(=O)N3C)cc1. The highest BCUT2D eigenvalue weighted by Crippen LogP contribution is 2.28. The topological polar surface area (TPSA) is 86.7 Å². The third-order valence-corrected chi connectivity index (χ3v) is 5.63. The highest BCUT2D eigenvalue weighted by atomic mass is 32.2. The lowest BCUT2D eigenvalue weighted by Gasteiger charge is -2.26. The summed E-state index contributed by atoms with van der Waals surface area (Å²) in [5.74, 6) is -1.26. The van der Waals surface area contributed by atoms with Gasteiger partial charge in [0.2, 0.25) is 5.91 Å². The Balaban J connectivity index is 1.81. The number of carbonyl (C=O) groups is 3. The Morgan fingerprint density at radius 1 is 1.18 bits per heavy atom. The molecule has 2 aromatic rings. The second-order valence-electron chi connectivity index (χ2n) is 6.69. The largest absolute Gasteiger partial charge is 0.481 e. The molecular weight excluding hydrogens is 376 g/mol. The Hall–Kier alpha value is -2.80. The van der Waals surface area contributed by atoms with E-state index in [1.165, 1.54) is 0 Å². The zero-order chi connectivity index (χ0) is 20.3. The van der Waals surface area contributed by atoms with E-state index in [4.69, 9.17) is 0 Å². The molecule has 0 radical (unpaired) electrons. The number of amides is 2. The second kappa shape index (κ2) is 8.48. The maximum Gasteiger partial charge on any atom is 0.305 e. The molecule has 7 heteroatoms. The predicted octanol–water partition coefficient (Wildman–Crippen LogP) is 3.26. The van der Waals surface area contributed by atoms with Gasteiger partial charge >= 0.3 is 5.97 Å². The van der Waals surface area contributed by atoms with Gasteiger partial charge in [-0.05, 0) is 54.1 Å². The number of nitrogens with zero attached hydrogens (tertiary/aromatic N) is 1. The van der Waals surface area contributed by atoms with Gasteiger partial charge in [0, 0.05) is 29.6 Å². The minimum absolute atomic E-state index is 0.0555. The molecule has 0 saturated heterocycles. The van der Waals surface area contributed by atoms with Gasteiger partial charge in [-0.25, -0.2) is 0 Å². The highest BCUT2D eigenvalue weighted by molar-refractivity contribution is 7.98. The van der Waals surface area contributed by atoms with Gasteiger partial charge in [0.05, 0.1) is 12.5 Å². The lowest BCUT2D eigenvalue weighted by atomic mass is 9.98. The number of fused-ring (bicyclic) bond motifs is 1. The molecule has 1 heterocycles. The van der Waals surface area contributed by atoms with Crippen LogP contribution in [-0.2, 0) is 16.0 Å². The van der Waals surface area contributed by atoms with E-state index >= 15 is 0 Å². The van der Waals surface area contributed by atoms with E-state index in [9.17, 15) is 19.5 Å². The molecule has 2 amide bonds. The molecule has 0 aromatic heterocycles.